The highest BCUT2D eigenvalue weighted by molar-refractivity contribution is 7.21. The minimum atomic E-state index is -0.467. The SMILES string of the molecule is COC(=O)c1sc2nc(CN(C)Cc3ccno3)ccc2c1NC(=O)C1CCCCC1. The van der Waals surface area contributed by atoms with Gasteiger partial charge >= 0.3 is 5.97 Å². The Morgan fingerprint density at radius 1 is 1.23 bits per heavy atom. The quantitative estimate of drug-likeness (QED) is 0.547. The first-order chi connectivity index (χ1) is 15.0. The van der Waals surface area contributed by atoms with Gasteiger partial charge in [0.1, 0.15) is 9.71 Å². The van der Waals surface area contributed by atoms with Crippen molar-refractivity contribution < 1.29 is 18.8 Å². The number of carbonyl (C=O) groups is 2. The summed E-state index contributed by atoms with van der Waals surface area (Å²) in [6.45, 7) is 1.21. The summed E-state index contributed by atoms with van der Waals surface area (Å²) in [5, 5.41) is 7.49. The lowest BCUT2D eigenvalue weighted by molar-refractivity contribution is -0.120. The second-order valence-electron chi connectivity index (χ2n) is 7.93. The Hall–Kier alpha value is -2.78. The van der Waals surface area contributed by atoms with Crippen LogP contribution in [-0.4, -0.2) is 41.1 Å². The van der Waals surface area contributed by atoms with E-state index < -0.39 is 5.97 Å². The number of pyridine rings is 1. The van der Waals surface area contributed by atoms with Crippen molar-refractivity contribution in [3.8, 4) is 0 Å². The second kappa shape index (κ2) is 9.57. The highest BCUT2D eigenvalue weighted by Crippen LogP contribution is 2.36. The Bertz CT molecular complexity index is 1060. The third kappa shape index (κ3) is 4.94. The van der Waals surface area contributed by atoms with Gasteiger partial charge in [-0.2, -0.15) is 0 Å². The third-order valence-corrected chi connectivity index (χ3v) is 6.64. The Morgan fingerprint density at radius 2 is 2.03 bits per heavy atom. The average molecular weight is 443 g/mol. The van der Waals surface area contributed by atoms with Crippen LogP contribution in [0.3, 0.4) is 0 Å². The van der Waals surface area contributed by atoms with Gasteiger partial charge in [-0.05, 0) is 32.0 Å². The van der Waals surface area contributed by atoms with Gasteiger partial charge in [0.2, 0.25) is 5.91 Å². The van der Waals surface area contributed by atoms with Gasteiger partial charge in [0.15, 0.2) is 5.76 Å². The first-order valence-corrected chi connectivity index (χ1v) is 11.3. The molecule has 1 amide bonds. The summed E-state index contributed by atoms with van der Waals surface area (Å²) < 4.78 is 10.1. The molecule has 1 fully saturated rings. The summed E-state index contributed by atoms with van der Waals surface area (Å²) in [4.78, 5) is 33.1. The van der Waals surface area contributed by atoms with Crippen LogP contribution in [0.25, 0.3) is 10.2 Å². The number of carbonyl (C=O) groups excluding carboxylic acids is 2. The number of fused-ring (bicyclic) bond motifs is 1. The molecule has 3 heterocycles. The lowest BCUT2D eigenvalue weighted by atomic mass is 9.88. The van der Waals surface area contributed by atoms with Gasteiger partial charge in [-0.15, -0.1) is 11.3 Å². The number of thiophene rings is 1. The molecule has 1 aliphatic carbocycles. The fourth-order valence-corrected chi connectivity index (χ4v) is 5.04. The average Bonchev–Trinajstić information content (AvgIpc) is 3.41. The number of rotatable bonds is 7. The lowest BCUT2D eigenvalue weighted by Gasteiger charge is -2.20. The second-order valence-corrected chi connectivity index (χ2v) is 8.93. The maximum Gasteiger partial charge on any atom is 0.350 e. The smallest absolute Gasteiger partial charge is 0.350 e. The zero-order valence-corrected chi connectivity index (χ0v) is 18.5. The Labute approximate surface area is 184 Å². The molecule has 1 aliphatic rings. The van der Waals surface area contributed by atoms with Gasteiger partial charge in [-0.1, -0.05) is 24.4 Å². The molecule has 1 saturated carbocycles. The number of esters is 1. The molecule has 8 nitrogen and oxygen atoms in total. The number of ether oxygens (including phenoxy) is 1. The largest absolute Gasteiger partial charge is 0.465 e. The molecule has 0 bridgehead atoms. The molecule has 0 spiro atoms. The topological polar surface area (TPSA) is 97.6 Å². The molecule has 9 heteroatoms. The molecule has 31 heavy (non-hydrogen) atoms. The van der Waals surface area contributed by atoms with Crippen LogP contribution in [0.1, 0.15) is 53.2 Å². The van der Waals surface area contributed by atoms with Crippen LogP contribution < -0.4 is 5.32 Å². The number of aromatic nitrogens is 2. The zero-order chi connectivity index (χ0) is 21.8. The van der Waals surface area contributed by atoms with Crippen molar-refractivity contribution in [3.05, 3.63) is 40.7 Å². The molecule has 1 N–H and O–H groups in total. The summed E-state index contributed by atoms with van der Waals surface area (Å²) >= 11 is 1.24. The van der Waals surface area contributed by atoms with Crippen LogP contribution in [0.15, 0.2) is 28.9 Å². The minimum Gasteiger partial charge on any atom is -0.465 e. The van der Waals surface area contributed by atoms with E-state index in [2.05, 4.69) is 15.4 Å². The van der Waals surface area contributed by atoms with E-state index in [0.717, 1.165) is 42.5 Å². The van der Waals surface area contributed by atoms with Crippen molar-refractivity contribution in [1.29, 1.82) is 0 Å². The van der Waals surface area contributed by atoms with Gasteiger partial charge in [0.05, 0.1) is 31.2 Å². The monoisotopic (exact) mass is 442 g/mol. The van der Waals surface area contributed by atoms with Crippen molar-refractivity contribution in [1.82, 2.24) is 15.0 Å². The van der Waals surface area contributed by atoms with Crippen LogP contribution in [0.2, 0.25) is 0 Å². The molecule has 0 aromatic carbocycles. The van der Waals surface area contributed by atoms with E-state index in [-0.39, 0.29) is 11.8 Å². The van der Waals surface area contributed by atoms with Crippen LogP contribution in [0.5, 0.6) is 0 Å². The maximum absolute atomic E-state index is 12.8. The highest BCUT2D eigenvalue weighted by atomic mass is 32.1. The molecule has 164 valence electrons. The first kappa shape index (κ1) is 21.5. The number of anilines is 1. The molecule has 0 unspecified atom stereocenters. The number of hydrogen-bond acceptors (Lipinski definition) is 8. The fourth-order valence-electron chi connectivity index (χ4n) is 3.98. The third-order valence-electron chi connectivity index (χ3n) is 5.56. The van der Waals surface area contributed by atoms with E-state index in [9.17, 15) is 9.59 Å². The molecule has 0 atom stereocenters. The molecular formula is C22H26N4O4S. The predicted octanol–water partition coefficient (Wildman–Crippen LogP) is 4.22. The van der Waals surface area contributed by atoms with Crippen molar-refractivity contribution in [2.75, 3.05) is 19.5 Å². The molecule has 3 aromatic rings. The minimum absolute atomic E-state index is 0.00818. The molecular weight excluding hydrogens is 416 g/mol. The maximum atomic E-state index is 12.8. The number of hydrogen-bond donors (Lipinski definition) is 1. The van der Waals surface area contributed by atoms with E-state index in [0.29, 0.717) is 28.5 Å². The normalized spacial score (nSPS) is 14.8. The van der Waals surface area contributed by atoms with E-state index >= 15 is 0 Å². The first-order valence-electron chi connectivity index (χ1n) is 10.4. The molecule has 0 radical (unpaired) electrons. The van der Waals surface area contributed by atoms with Gasteiger partial charge in [0.25, 0.3) is 0 Å². The number of amides is 1. The standard InChI is InChI=1S/C22H26N4O4S/c1-26(13-16-10-11-23-30-16)12-15-8-9-17-18(19(22(28)29-2)31-21(17)24-15)25-20(27)14-6-4-3-5-7-14/h8-11,14H,3-7,12-13H2,1-2H3,(H,25,27). The Balaban J connectivity index is 1.57. The number of nitrogens with one attached hydrogen (secondary N) is 1. The van der Waals surface area contributed by atoms with Crippen LogP contribution in [0.4, 0.5) is 5.69 Å². The van der Waals surface area contributed by atoms with Crippen molar-refractivity contribution in [3.63, 3.8) is 0 Å². The molecule has 3 aromatic heterocycles. The van der Waals surface area contributed by atoms with Gasteiger partial charge in [-0.3, -0.25) is 9.69 Å². The summed E-state index contributed by atoms with van der Waals surface area (Å²) in [6, 6.07) is 5.67. The van der Waals surface area contributed by atoms with E-state index in [1.54, 1.807) is 6.20 Å². The van der Waals surface area contributed by atoms with Crippen molar-refractivity contribution in [2.24, 2.45) is 5.92 Å². The fraction of sp³-hybridized carbons (Fsp3) is 0.455. The molecule has 0 aliphatic heterocycles. The van der Waals surface area contributed by atoms with Crippen LogP contribution in [-0.2, 0) is 22.6 Å². The number of methoxy groups -OCH3 is 1. The summed E-state index contributed by atoms with van der Waals surface area (Å²) in [6.07, 6.45) is 6.72. The summed E-state index contributed by atoms with van der Waals surface area (Å²) in [5.41, 5.74) is 1.37. The summed E-state index contributed by atoms with van der Waals surface area (Å²) in [7, 11) is 3.31. The molecule has 4 rings (SSSR count). The highest BCUT2D eigenvalue weighted by Gasteiger charge is 2.26. The van der Waals surface area contributed by atoms with Gasteiger partial charge in [0, 0.05) is 23.9 Å². The van der Waals surface area contributed by atoms with Crippen LogP contribution in [0, 0.1) is 5.92 Å². The van der Waals surface area contributed by atoms with Crippen molar-refractivity contribution >= 4 is 39.1 Å². The lowest BCUT2D eigenvalue weighted by Crippen LogP contribution is -2.25. The van der Waals surface area contributed by atoms with E-state index in [4.69, 9.17) is 14.2 Å². The van der Waals surface area contributed by atoms with Crippen molar-refractivity contribution in [2.45, 2.75) is 45.2 Å². The Kier molecular flexibility index (Phi) is 6.62. The summed E-state index contributed by atoms with van der Waals surface area (Å²) in [5.74, 6) is 0.276. The zero-order valence-electron chi connectivity index (χ0n) is 17.7. The van der Waals surface area contributed by atoms with Crippen LogP contribution >= 0.6 is 11.3 Å². The van der Waals surface area contributed by atoms with E-state index in [1.807, 2.05) is 25.2 Å². The molecule has 0 saturated heterocycles. The van der Waals surface area contributed by atoms with Gasteiger partial charge in [-0.25, -0.2) is 9.78 Å². The predicted molar refractivity (Wildman–Crippen MR) is 118 cm³/mol. The number of nitrogens with zero attached hydrogens (tertiary/aromatic N) is 3. The van der Waals surface area contributed by atoms with E-state index in [1.165, 1.54) is 24.9 Å². The van der Waals surface area contributed by atoms with Gasteiger partial charge < -0.3 is 14.6 Å². The Morgan fingerprint density at radius 3 is 2.74 bits per heavy atom.